The number of nitrogens with one attached hydrogen (secondary N) is 1. The zero-order chi connectivity index (χ0) is 30.9. The number of nitrogens with zero attached hydrogens (tertiary/aromatic N) is 2. The molecule has 222 valence electrons. The van der Waals surface area contributed by atoms with Gasteiger partial charge in [0.25, 0.3) is 0 Å². The summed E-state index contributed by atoms with van der Waals surface area (Å²) in [5.41, 5.74) is 3.45. The Hall–Kier alpha value is -4.40. The minimum atomic E-state index is -1.42. The van der Waals surface area contributed by atoms with Crippen molar-refractivity contribution in [3.63, 3.8) is 0 Å². The van der Waals surface area contributed by atoms with Crippen LogP contribution in [0.2, 0.25) is 5.02 Å². The van der Waals surface area contributed by atoms with Crippen LogP contribution < -0.4 is 19.7 Å². The molecule has 0 aliphatic carbocycles. The van der Waals surface area contributed by atoms with Gasteiger partial charge in [0, 0.05) is 17.6 Å². The van der Waals surface area contributed by atoms with Gasteiger partial charge in [0.1, 0.15) is 5.60 Å². The first-order valence-electron chi connectivity index (χ1n) is 14.0. The van der Waals surface area contributed by atoms with Gasteiger partial charge < -0.3 is 19.9 Å². The number of amides is 2. The number of pyridine rings is 1. The number of benzene rings is 3. The molecule has 5 rings (SSSR count). The van der Waals surface area contributed by atoms with Crippen molar-refractivity contribution in [2.45, 2.75) is 51.9 Å². The van der Waals surface area contributed by atoms with Crippen LogP contribution in [0.25, 0.3) is 0 Å². The molecular weight excluding hydrogens is 566 g/mol. The van der Waals surface area contributed by atoms with Gasteiger partial charge in [-0.1, -0.05) is 35.9 Å². The predicted octanol–water partition coefficient (Wildman–Crippen LogP) is 6.42. The summed E-state index contributed by atoms with van der Waals surface area (Å²) in [4.78, 5) is 31.5. The maximum atomic E-state index is 13.8. The highest BCUT2D eigenvalue weighted by Gasteiger charge is 2.37. The van der Waals surface area contributed by atoms with Crippen LogP contribution in [0, 0.1) is 0 Å². The molecule has 9 heteroatoms. The van der Waals surface area contributed by atoms with Gasteiger partial charge in [-0.05, 0) is 91.6 Å². The van der Waals surface area contributed by atoms with E-state index in [0.717, 1.165) is 16.7 Å². The zero-order valence-corrected chi connectivity index (χ0v) is 25.5. The molecular formula is C34H34ClN3O5. The molecule has 2 heterocycles. The van der Waals surface area contributed by atoms with Crippen molar-refractivity contribution in [2.24, 2.45) is 0 Å². The number of carbonyl (C=O) groups is 2. The molecule has 1 aliphatic heterocycles. The Labute approximate surface area is 256 Å². The number of ether oxygens (including phenoxy) is 2. The number of hydrogen-bond acceptors (Lipinski definition) is 6. The zero-order valence-electron chi connectivity index (χ0n) is 24.7. The molecule has 0 fully saturated rings. The third kappa shape index (κ3) is 6.21. The smallest absolute Gasteiger partial charge is 0.232 e. The SMILES string of the molecule is COc1cc2c(cc1OC(C)C)C(c1ccc(Cl)cc1)N(c1ccc(C(C)(O)c3ccc(NC(C)=O)cc3)nc1)C(=O)C2. The molecule has 2 atom stereocenters. The Kier molecular flexibility index (Phi) is 8.44. The van der Waals surface area contributed by atoms with E-state index >= 15 is 0 Å². The van der Waals surface area contributed by atoms with Gasteiger partial charge in [-0.15, -0.1) is 0 Å². The summed E-state index contributed by atoms with van der Waals surface area (Å²) in [6.45, 7) is 6.99. The van der Waals surface area contributed by atoms with Gasteiger partial charge in [-0.2, -0.15) is 0 Å². The summed E-state index contributed by atoms with van der Waals surface area (Å²) in [5, 5.41) is 14.8. The van der Waals surface area contributed by atoms with Crippen molar-refractivity contribution >= 4 is 34.8 Å². The van der Waals surface area contributed by atoms with Crippen molar-refractivity contribution in [3.8, 4) is 11.5 Å². The molecule has 1 aromatic heterocycles. The first kappa shape index (κ1) is 30.1. The standard InChI is InChI=1S/C34H34ClN3O5/c1-20(2)43-30-18-28-23(16-29(30)42-5)17-32(40)38(33(28)22-6-10-25(35)11-7-22)27-14-15-31(36-19-27)34(4,41)24-8-12-26(13-9-24)37-21(3)39/h6-16,18-20,33,41H,17H2,1-5H3,(H,37,39). The number of aliphatic hydroxyl groups is 1. The Balaban J connectivity index is 1.55. The number of hydrogen-bond donors (Lipinski definition) is 2. The Bertz CT molecular complexity index is 1630. The van der Waals surface area contributed by atoms with Crippen molar-refractivity contribution in [1.82, 2.24) is 4.98 Å². The lowest BCUT2D eigenvalue weighted by Gasteiger charge is -2.38. The average Bonchev–Trinajstić information content (AvgIpc) is 2.97. The van der Waals surface area contributed by atoms with Crippen LogP contribution in [0.4, 0.5) is 11.4 Å². The van der Waals surface area contributed by atoms with Gasteiger partial charge in [-0.3, -0.25) is 19.5 Å². The number of halogens is 1. The second-order valence-corrected chi connectivity index (χ2v) is 11.4. The van der Waals surface area contributed by atoms with Crippen LogP contribution >= 0.6 is 11.6 Å². The predicted molar refractivity (Wildman–Crippen MR) is 167 cm³/mol. The van der Waals surface area contributed by atoms with Gasteiger partial charge in [0.15, 0.2) is 11.5 Å². The summed E-state index contributed by atoms with van der Waals surface area (Å²) in [6.07, 6.45) is 1.70. The second kappa shape index (κ2) is 12.1. The van der Waals surface area contributed by atoms with Crippen molar-refractivity contribution < 1.29 is 24.2 Å². The quantitative estimate of drug-likeness (QED) is 0.242. The third-order valence-corrected chi connectivity index (χ3v) is 7.68. The monoisotopic (exact) mass is 599 g/mol. The Morgan fingerprint density at radius 3 is 2.35 bits per heavy atom. The summed E-state index contributed by atoms with van der Waals surface area (Å²) in [6, 6.07) is 21.2. The van der Waals surface area contributed by atoms with Gasteiger partial charge in [0.2, 0.25) is 11.8 Å². The molecule has 2 N–H and O–H groups in total. The highest BCUT2D eigenvalue weighted by Crippen LogP contribution is 2.44. The third-order valence-electron chi connectivity index (χ3n) is 7.43. The van der Waals surface area contributed by atoms with Crippen molar-refractivity contribution in [1.29, 1.82) is 0 Å². The van der Waals surface area contributed by atoms with Crippen LogP contribution in [0.5, 0.6) is 11.5 Å². The fraction of sp³-hybridized carbons (Fsp3) is 0.265. The van der Waals surface area contributed by atoms with E-state index in [2.05, 4.69) is 10.3 Å². The van der Waals surface area contributed by atoms with Crippen molar-refractivity contribution in [2.75, 3.05) is 17.3 Å². The van der Waals surface area contributed by atoms with Crippen LogP contribution in [0.3, 0.4) is 0 Å². The average molecular weight is 600 g/mol. The van der Waals surface area contributed by atoms with Crippen LogP contribution in [-0.4, -0.2) is 35.1 Å². The van der Waals surface area contributed by atoms with E-state index in [9.17, 15) is 14.7 Å². The largest absolute Gasteiger partial charge is 0.493 e. The highest BCUT2D eigenvalue weighted by atomic mass is 35.5. The first-order valence-corrected chi connectivity index (χ1v) is 14.4. The Morgan fingerprint density at radius 2 is 1.77 bits per heavy atom. The normalized spacial score (nSPS) is 16.0. The lowest BCUT2D eigenvalue weighted by Crippen LogP contribution is -2.41. The fourth-order valence-electron chi connectivity index (χ4n) is 5.37. The molecule has 0 bridgehead atoms. The van der Waals surface area contributed by atoms with E-state index in [0.29, 0.717) is 39.2 Å². The van der Waals surface area contributed by atoms with E-state index in [1.165, 1.54) is 6.92 Å². The first-order chi connectivity index (χ1) is 20.5. The summed E-state index contributed by atoms with van der Waals surface area (Å²) < 4.78 is 11.7. The van der Waals surface area contributed by atoms with E-state index in [1.54, 1.807) is 73.7 Å². The Morgan fingerprint density at radius 1 is 1.07 bits per heavy atom. The fourth-order valence-corrected chi connectivity index (χ4v) is 5.50. The molecule has 3 aromatic carbocycles. The minimum absolute atomic E-state index is 0.0756. The number of aromatic nitrogens is 1. The van der Waals surface area contributed by atoms with E-state index in [-0.39, 0.29) is 24.3 Å². The number of carbonyl (C=O) groups excluding carboxylic acids is 2. The number of fused-ring (bicyclic) bond motifs is 1. The van der Waals surface area contributed by atoms with Crippen LogP contribution in [-0.2, 0) is 21.6 Å². The van der Waals surface area contributed by atoms with E-state index in [1.807, 2.05) is 38.1 Å². The maximum absolute atomic E-state index is 13.8. The van der Waals surface area contributed by atoms with Gasteiger partial charge in [-0.25, -0.2) is 0 Å². The maximum Gasteiger partial charge on any atom is 0.232 e. The van der Waals surface area contributed by atoms with Gasteiger partial charge >= 0.3 is 0 Å². The molecule has 0 spiro atoms. The molecule has 43 heavy (non-hydrogen) atoms. The summed E-state index contributed by atoms with van der Waals surface area (Å²) in [7, 11) is 1.59. The molecule has 4 aromatic rings. The topological polar surface area (TPSA) is 101 Å². The van der Waals surface area contributed by atoms with Crippen LogP contribution in [0.1, 0.15) is 61.7 Å². The number of methoxy groups -OCH3 is 1. The number of rotatable bonds is 8. The van der Waals surface area contributed by atoms with Gasteiger partial charge in [0.05, 0.1) is 43.3 Å². The van der Waals surface area contributed by atoms with Crippen LogP contribution in [0.15, 0.2) is 79.0 Å². The molecule has 1 aliphatic rings. The van der Waals surface area contributed by atoms with Crippen molar-refractivity contribution in [3.05, 3.63) is 112 Å². The summed E-state index contributed by atoms with van der Waals surface area (Å²) >= 11 is 6.23. The lowest BCUT2D eigenvalue weighted by atomic mass is 9.86. The van der Waals surface area contributed by atoms with E-state index in [4.69, 9.17) is 21.1 Å². The van der Waals surface area contributed by atoms with E-state index < -0.39 is 11.6 Å². The molecule has 0 saturated carbocycles. The minimum Gasteiger partial charge on any atom is -0.493 e. The summed E-state index contributed by atoms with van der Waals surface area (Å²) in [5.74, 6) is 0.883. The number of anilines is 2. The molecule has 2 unspecified atom stereocenters. The molecule has 0 saturated heterocycles. The highest BCUT2D eigenvalue weighted by molar-refractivity contribution is 6.30. The molecule has 0 radical (unpaired) electrons. The molecule has 2 amide bonds. The lowest BCUT2D eigenvalue weighted by molar-refractivity contribution is -0.118. The molecule has 8 nitrogen and oxygen atoms in total. The second-order valence-electron chi connectivity index (χ2n) is 11.0.